The van der Waals surface area contributed by atoms with Crippen molar-refractivity contribution in [2.45, 2.75) is 19.4 Å². The van der Waals surface area contributed by atoms with E-state index in [1.807, 2.05) is 0 Å². The molecule has 0 aliphatic carbocycles. The molecular weight excluding hydrogens is 196 g/mol. The highest BCUT2D eigenvalue weighted by Gasteiger charge is 2.17. The minimum absolute atomic E-state index is 0.353. The number of pyridine rings is 1. The van der Waals surface area contributed by atoms with Crippen LogP contribution in [0.4, 0.5) is 0 Å². The second-order valence-electron chi connectivity index (χ2n) is 3.01. The third-order valence-electron chi connectivity index (χ3n) is 1.95. The molecule has 0 radical (unpaired) electrons. The number of carboxylic acids is 1. The second kappa shape index (κ2) is 5.09. The van der Waals surface area contributed by atoms with Gasteiger partial charge in [-0.2, -0.15) is 0 Å². The van der Waals surface area contributed by atoms with E-state index in [9.17, 15) is 9.59 Å². The van der Waals surface area contributed by atoms with Crippen LogP contribution >= 0.6 is 0 Å². The molecule has 80 valence electrons. The lowest BCUT2D eigenvalue weighted by Crippen LogP contribution is -2.40. The molecule has 1 atom stereocenters. The average molecular weight is 208 g/mol. The molecule has 5 nitrogen and oxygen atoms in total. The molecule has 0 bridgehead atoms. The molecule has 1 aromatic heterocycles. The lowest BCUT2D eigenvalue weighted by molar-refractivity contribution is -0.139. The SMILES string of the molecule is CCC(NC(=O)c1ccncc1)C(=O)O. The first kappa shape index (κ1) is 11.2. The zero-order valence-electron chi connectivity index (χ0n) is 8.30. The number of nitrogens with one attached hydrogen (secondary N) is 1. The van der Waals surface area contributed by atoms with Gasteiger partial charge in [-0.05, 0) is 18.6 Å². The molecule has 2 N–H and O–H groups in total. The maximum atomic E-state index is 11.5. The van der Waals surface area contributed by atoms with Gasteiger partial charge >= 0.3 is 5.97 Å². The quantitative estimate of drug-likeness (QED) is 0.762. The van der Waals surface area contributed by atoms with Crippen LogP contribution in [0.15, 0.2) is 24.5 Å². The molecule has 1 unspecified atom stereocenters. The van der Waals surface area contributed by atoms with Crippen LogP contribution in [0.1, 0.15) is 23.7 Å². The lowest BCUT2D eigenvalue weighted by atomic mass is 10.2. The van der Waals surface area contributed by atoms with Crippen LogP contribution in [-0.4, -0.2) is 28.0 Å². The van der Waals surface area contributed by atoms with Crippen molar-refractivity contribution in [2.24, 2.45) is 0 Å². The number of hydrogen-bond donors (Lipinski definition) is 2. The smallest absolute Gasteiger partial charge is 0.326 e. The molecule has 0 aromatic carbocycles. The normalized spacial score (nSPS) is 11.8. The molecular formula is C10H12N2O3. The van der Waals surface area contributed by atoms with Crippen molar-refractivity contribution in [3.05, 3.63) is 30.1 Å². The highest BCUT2D eigenvalue weighted by molar-refractivity contribution is 5.96. The van der Waals surface area contributed by atoms with Crippen molar-refractivity contribution >= 4 is 11.9 Å². The van der Waals surface area contributed by atoms with Crippen molar-refractivity contribution in [1.29, 1.82) is 0 Å². The van der Waals surface area contributed by atoms with Gasteiger partial charge in [0.25, 0.3) is 5.91 Å². The number of aromatic nitrogens is 1. The summed E-state index contributed by atoms with van der Waals surface area (Å²) in [4.78, 5) is 26.0. The molecule has 0 spiro atoms. The average Bonchev–Trinajstić information content (AvgIpc) is 2.26. The van der Waals surface area contributed by atoms with Gasteiger partial charge in [0.15, 0.2) is 0 Å². The van der Waals surface area contributed by atoms with Crippen molar-refractivity contribution in [3.63, 3.8) is 0 Å². The van der Waals surface area contributed by atoms with Gasteiger partial charge in [0.1, 0.15) is 6.04 Å². The Morgan fingerprint density at radius 3 is 2.53 bits per heavy atom. The van der Waals surface area contributed by atoms with E-state index in [-0.39, 0.29) is 0 Å². The van der Waals surface area contributed by atoms with Gasteiger partial charge < -0.3 is 10.4 Å². The van der Waals surface area contributed by atoms with E-state index in [1.54, 1.807) is 6.92 Å². The number of carbonyl (C=O) groups excluding carboxylic acids is 1. The van der Waals surface area contributed by atoms with E-state index in [2.05, 4.69) is 10.3 Å². The van der Waals surface area contributed by atoms with E-state index in [0.29, 0.717) is 12.0 Å². The molecule has 5 heteroatoms. The number of rotatable bonds is 4. The van der Waals surface area contributed by atoms with E-state index in [4.69, 9.17) is 5.11 Å². The van der Waals surface area contributed by atoms with E-state index in [0.717, 1.165) is 0 Å². The number of nitrogens with zero attached hydrogens (tertiary/aromatic N) is 1. The fraction of sp³-hybridized carbons (Fsp3) is 0.300. The minimum atomic E-state index is -1.03. The van der Waals surface area contributed by atoms with Gasteiger partial charge in [-0.25, -0.2) is 4.79 Å². The second-order valence-corrected chi connectivity index (χ2v) is 3.01. The molecule has 1 aromatic rings. The molecule has 0 aliphatic heterocycles. The third-order valence-corrected chi connectivity index (χ3v) is 1.95. The highest BCUT2D eigenvalue weighted by atomic mass is 16.4. The van der Waals surface area contributed by atoms with Crippen molar-refractivity contribution in [3.8, 4) is 0 Å². The predicted molar refractivity (Wildman–Crippen MR) is 53.4 cm³/mol. The first-order chi connectivity index (χ1) is 7.15. The number of carboxylic acid groups (broad SMARTS) is 1. The predicted octanol–water partition coefficient (Wildman–Crippen LogP) is 0.675. The Kier molecular flexibility index (Phi) is 3.79. The standard InChI is InChI=1S/C10H12N2O3/c1-2-8(10(14)15)12-9(13)7-3-5-11-6-4-7/h3-6,8H,2H2,1H3,(H,12,13)(H,14,15). The maximum Gasteiger partial charge on any atom is 0.326 e. The molecule has 0 saturated carbocycles. The third kappa shape index (κ3) is 3.05. The summed E-state index contributed by atoms with van der Waals surface area (Å²) < 4.78 is 0. The molecule has 1 amide bonds. The van der Waals surface area contributed by atoms with Crippen LogP contribution < -0.4 is 5.32 Å². The fourth-order valence-electron chi connectivity index (χ4n) is 1.08. The Morgan fingerprint density at radius 1 is 1.47 bits per heavy atom. The Morgan fingerprint density at radius 2 is 2.07 bits per heavy atom. The van der Waals surface area contributed by atoms with Crippen LogP contribution in [0, 0.1) is 0 Å². The van der Waals surface area contributed by atoms with Crippen molar-refractivity contribution < 1.29 is 14.7 Å². The van der Waals surface area contributed by atoms with Gasteiger partial charge in [-0.15, -0.1) is 0 Å². The lowest BCUT2D eigenvalue weighted by Gasteiger charge is -2.11. The van der Waals surface area contributed by atoms with E-state index < -0.39 is 17.9 Å². The summed E-state index contributed by atoms with van der Waals surface area (Å²) in [6.45, 7) is 1.70. The summed E-state index contributed by atoms with van der Waals surface area (Å²) >= 11 is 0. The summed E-state index contributed by atoms with van der Waals surface area (Å²) in [7, 11) is 0. The Bertz CT molecular complexity index is 351. The van der Waals surface area contributed by atoms with Gasteiger partial charge in [0.05, 0.1) is 0 Å². The van der Waals surface area contributed by atoms with Crippen LogP contribution in [0.5, 0.6) is 0 Å². The van der Waals surface area contributed by atoms with Gasteiger partial charge in [-0.3, -0.25) is 9.78 Å². The Hall–Kier alpha value is -1.91. The zero-order chi connectivity index (χ0) is 11.3. The molecule has 0 saturated heterocycles. The van der Waals surface area contributed by atoms with Crippen molar-refractivity contribution in [2.75, 3.05) is 0 Å². The van der Waals surface area contributed by atoms with Crippen LogP contribution in [0.3, 0.4) is 0 Å². The molecule has 1 rings (SSSR count). The first-order valence-corrected chi connectivity index (χ1v) is 4.58. The fourth-order valence-corrected chi connectivity index (χ4v) is 1.08. The molecule has 15 heavy (non-hydrogen) atoms. The van der Waals surface area contributed by atoms with E-state index >= 15 is 0 Å². The highest BCUT2D eigenvalue weighted by Crippen LogP contribution is 1.98. The monoisotopic (exact) mass is 208 g/mol. The number of amides is 1. The summed E-state index contributed by atoms with van der Waals surface area (Å²) in [6, 6.07) is 2.22. The maximum absolute atomic E-state index is 11.5. The molecule has 1 heterocycles. The topological polar surface area (TPSA) is 79.3 Å². The van der Waals surface area contributed by atoms with Crippen LogP contribution in [0.2, 0.25) is 0 Å². The van der Waals surface area contributed by atoms with Gasteiger partial charge in [0.2, 0.25) is 0 Å². The Labute approximate surface area is 87.1 Å². The van der Waals surface area contributed by atoms with E-state index in [1.165, 1.54) is 24.5 Å². The minimum Gasteiger partial charge on any atom is -0.480 e. The van der Waals surface area contributed by atoms with Crippen LogP contribution in [0.25, 0.3) is 0 Å². The van der Waals surface area contributed by atoms with Gasteiger partial charge in [0, 0.05) is 18.0 Å². The summed E-state index contributed by atoms with van der Waals surface area (Å²) in [6.07, 6.45) is 3.32. The summed E-state index contributed by atoms with van der Waals surface area (Å²) in [5.41, 5.74) is 0.407. The largest absolute Gasteiger partial charge is 0.480 e. The number of carbonyl (C=O) groups is 2. The first-order valence-electron chi connectivity index (χ1n) is 4.58. The van der Waals surface area contributed by atoms with Crippen LogP contribution in [-0.2, 0) is 4.79 Å². The number of hydrogen-bond acceptors (Lipinski definition) is 3. The molecule has 0 fully saturated rings. The zero-order valence-corrected chi connectivity index (χ0v) is 8.30. The van der Waals surface area contributed by atoms with Crippen molar-refractivity contribution in [1.82, 2.24) is 10.3 Å². The Balaban J connectivity index is 2.67. The number of aliphatic carboxylic acids is 1. The summed E-state index contributed by atoms with van der Waals surface area (Å²) in [5.74, 6) is -1.42. The summed E-state index contributed by atoms with van der Waals surface area (Å²) in [5, 5.41) is 11.2. The molecule has 0 aliphatic rings. The van der Waals surface area contributed by atoms with Gasteiger partial charge in [-0.1, -0.05) is 6.92 Å².